The predicted octanol–water partition coefficient (Wildman–Crippen LogP) is 4.70. The number of pyridine rings is 2. The number of aromatic nitrogens is 2. The lowest BCUT2D eigenvalue weighted by Gasteiger charge is -2.25. The molecule has 3 aromatic heterocycles. The number of ether oxygens (including phenoxy) is 1. The van der Waals surface area contributed by atoms with Crippen molar-refractivity contribution in [2.75, 3.05) is 7.11 Å². The first-order valence-electron chi connectivity index (χ1n) is 10.8. The molecule has 0 amide bonds. The third-order valence-electron chi connectivity index (χ3n) is 5.77. The molecule has 0 saturated carbocycles. The number of hydrogen-bond donors (Lipinski definition) is 1. The summed E-state index contributed by atoms with van der Waals surface area (Å²) in [5, 5.41) is 4.01. The second-order valence-electron chi connectivity index (χ2n) is 7.81. The van der Waals surface area contributed by atoms with E-state index in [9.17, 15) is 4.79 Å². The number of furan rings is 1. The molecule has 1 aromatic carbocycles. The fourth-order valence-electron chi connectivity index (χ4n) is 4.19. The van der Waals surface area contributed by atoms with E-state index in [-0.39, 0.29) is 12.1 Å². The van der Waals surface area contributed by atoms with Gasteiger partial charge in [-0.3, -0.25) is 9.97 Å². The highest BCUT2D eigenvalue weighted by Crippen LogP contribution is 2.41. The van der Waals surface area contributed by atoms with Crippen molar-refractivity contribution in [2.24, 2.45) is 0 Å². The summed E-state index contributed by atoms with van der Waals surface area (Å²) in [4.78, 5) is 23.4. The van der Waals surface area contributed by atoms with Crippen LogP contribution in [0.15, 0.2) is 89.6 Å². The molecule has 2 atom stereocenters. The summed E-state index contributed by atoms with van der Waals surface area (Å²) < 4.78 is 11.3. The van der Waals surface area contributed by atoms with Gasteiger partial charge in [0, 0.05) is 18.0 Å². The molecule has 34 heavy (non-hydrogen) atoms. The molecule has 1 N–H and O–H groups in total. The number of thiocarbonyl (C=S) groups is 1. The van der Waals surface area contributed by atoms with E-state index in [4.69, 9.17) is 21.4 Å². The van der Waals surface area contributed by atoms with E-state index in [0.29, 0.717) is 34.3 Å². The van der Waals surface area contributed by atoms with Crippen molar-refractivity contribution in [1.29, 1.82) is 0 Å². The van der Waals surface area contributed by atoms with Gasteiger partial charge in [-0.15, -0.1) is 0 Å². The molecule has 0 bridgehead atoms. The molecule has 1 aliphatic rings. The Kier molecular flexibility index (Phi) is 6.05. The van der Waals surface area contributed by atoms with Crippen molar-refractivity contribution in [3.8, 4) is 11.3 Å². The molecule has 8 heteroatoms. The van der Waals surface area contributed by atoms with Crippen LogP contribution in [0.25, 0.3) is 11.3 Å². The van der Waals surface area contributed by atoms with Gasteiger partial charge in [-0.1, -0.05) is 30.3 Å². The van der Waals surface area contributed by atoms with Crippen LogP contribution >= 0.6 is 12.2 Å². The highest BCUT2D eigenvalue weighted by Gasteiger charge is 2.42. The lowest BCUT2D eigenvalue weighted by Crippen LogP contribution is -2.29. The molecular weight excluding hydrogens is 448 g/mol. The molecule has 0 radical (unpaired) electrons. The maximum atomic E-state index is 12.3. The van der Waals surface area contributed by atoms with E-state index in [1.165, 1.54) is 7.11 Å². The zero-order chi connectivity index (χ0) is 23.5. The SMILES string of the molecule is COC(=O)c1ccccc1-c1ccc(C2C(c3ccccn3)NC(=S)N2Cc2ccccn2)o1. The van der Waals surface area contributed by atoms with Crippen molar-refractivity contribution in [2.45, 2.75) is 18.6 Å². The smallest absolute Gasteiger partial charge is 0.338 e. The second kappa shape index (κ2) is 9.44. The highest BCUT2D eigenvalue weighted by atomic mass is 32.1. The number of benzene rings is 1. The first-order chi connectivity index (χ1) is 16.7. The molecule has 1 fully saturated rings. The Morgan fingerprint density at radius 1 is 1.03 bits per heavy atom. The summed E-state index contributed by atoms with van der Waals surface area (Å²) >= 11 is 5.72. The zero-order valence-electron chi connectivity index (χ0n) is 18.4. The van der Waals surface area contributed by atoms with Gasteiger partial charge < -0.3 is 19.4 Å². The molecule has 0 aliphatic carbocycles. The van der Waals surface area contributed by atoms with Gasteiger partial charge in [-0.2, -0.15) is 0 Å². The largest absolute Gasteiger partial charge is 0.465 e. The van der Waals surface area contributed by atoms with E-state index >= 15 is 0 Å². The fraction of sp³-hybridized carbons (Fsp3) is 0.154. The number of esters is 1. The van der Waals surface area contributed by atoms with Crippen LogP contribution in [0.1, 0.15) is 39.6 Å². The minimum Gasteiger partial charge on any atom is -0.465 e. The Bertz CT molecular complexity index is 1310. The Hall–Kier alpha value is -4.04. The minimum atomic E-state index is -0.416. The van der Waals surface area contributed by atoms with Crippen LogP contribution in [0.4, 0.5) is 0 Å². The Morgan fingerprint density at radius 3 is 2.53 bits per heavy atom. The van der Waals surface area contributed by atoms with Crippen LogP contribution in [-0.2, 0) is 11.3 Å². The summed E-state index contributed by atoms with van der Waals surface area (Å²) in [6.07, 6.45) is 3.53. The number of hydrogen-bond acceptors (Lipinski definition) is 6. The van der Waals surface area contributed by atoms with E-state index in [2.05, 4.69) is 20.2 Å². The second-order valence-corrected chi connectivity index (χ2v) is 8.20. The summed E-state index contributed by atoms with van der Waals surface area (Å²) in [5.74, 6) is 0.861. The highest BCUT2D eigenvalue weighted by molar-refractivity contribution is 7.80. The number of methoxy groups -OCH3 is 1. The third kappa shape index (κ3) is 4.15. The quantitative estimate of drug-likeness (QED) is 0.321. The van der Waals surface area contributed by atoms with Crippen LogP contribution in [-0.4, -0.2) is 33.1 Å². The van der Waals surface area contributed by atoms with Gasteiger partial charge in [0.05, 0.1) is 36.6 Å². The Balaban J connectivity index is 1.55. The van der Waals surface area contributed by atoms with Crippen molar-refractivity contribution in [3.63, 3.8) is 0 Å². The normalized spacial score (nSPS) is 17.4. The number of carbonyl (C=O) groups is 1. The lowest BCUT2D eigenvalue weighted by molar-refractivity contribution is 0.0601. The summed E-state index contributed by atoms with van der Waals surface area (Å²) in [7, 11) is 1.37. The topological polar surface area (TPSA) is 80.5 Å². The summed E-state index contributed by atoms with van der Waals surface area (Å²) in [6.45, 7) is 0.509. The molecule has 170 valence electrons. The summed E-state index contributed by atoms with van der Waals surface area (Å²) in [6, 6.07) is 22.1. The van der Waals surface area contributed by atoms with Gasteiger partial charge in [0.15, 0.2) is 5.11 Å². The van der Waals surface area contributed by atoms with Crippen molar-refractivity contribution in [3.05, 3.63) is 108 Å². The predicted molar refractivity (Wildman–Crippen MR) is 131 cm³/mol. The molecule has 7 nitrogen and oxygen atoms in total. The maximum absolute atomic E-state index is 12.3. The standard InChI is InChI=1S/C26H22N4O3S/c1-32-25(31)19-10-3-2-9-18(19)21-12-13-22(33-21)24-23(20-11-5-7-15-28-20)29-26(34)30(24)16-17-8-4-6-14-27-17/h2-15,23-24H,16H2,1H3,(H,29,34). The van der Waals surface area contributed by atoms with Crippen LogP contribution < -0.4 is 5.32 Å². The molecule has 0 spiro atoms. The van der Waals surface area contributed by atoms with Crippen LogP contribution in [0.3, 0.4) is 0 Å². The van der Waals surface area contributed by atoms with Gasteiger partial charge >= 0.3 is 5.97 Å². The van der Waals surface area contributed by atoms with Gasteiger partial charge in [0.25, 0.3) is 0 Å². The first-order valence-corrected chi connectivity index (χ1v) is 11.2. The molecule has 1 aliphatic heterocycles. The number of nitrogens with one attached hydrogen (secondary N) is 1. The van der Waals surface area contributed by atoms with Gasteiger partial charge in [0.1, 0.15) is 17.6 Å². The Labute approximate surface area is 202 Å². The monoisotopic (exact) mass is 470 g/mol. The lowest BCUT2D eigenvalue weighted by atomic mass is 10.0. The molecular formula is C26H22N4O3S. The van der Waals surface area contributed by atoms with E-state index < -0.39 is 5.97 Å². The van der Waals surface area contributed by atoms with E-state index in [1.807, 2.05) is 60.7 Å². The fourth-order valence-corrected chi connectivity index (χ4v) is 4.50. The van der Waals surface area contributed by atoms with Crippen LogP contribution in [0, 0.1) is 0 Å². The first kappa shape index (κ1) is 21.8. The van der Waals surface area contributed by atoms with Crippen LogP contribution in [0.2, 0.25) is 0 Å². The van der Waals surface area contributed by atoms with Gasteiger partial charge in [-0.25, -0.2) is 4.79 Å². The van der Waals surface area contributed by atoms with Gasteiger partial charge in [0.2, 0.25) is 0 Å². The molecule has 4 aromatic rings. The molecule has 4 heterocycles. The minimum absolute atomic E-state index is 0.215. The average molecular weight is 471 g/mol. The zero-order valence-corrected chi connectivity index (χ0v) is 19.2. The molecule has 1 saturated heterocycles. The maximum Gasteiger partial charge on any atom is 0.338 e. The van der Waals surface area contributed by atoms with Crippen LogP contribution in [0.5, 0.6) is 0 Å². The van der Waals surface area contributed by atoms with Crippen molar-refractivity contribution >= 4 is 23.3 Å². The van der Waals surface area contributed by atoms with Crippen molar-refractivity contribution < 1.29 is 13.9 Å². The van der Waals surface area contributed by atoms with E-state index in [0.717, 1.165) is 11.4 Å². The van der Waals surface area contributed by atoms with E-state index in [1.54, 1.807) is 24.5 Å². The third-order valence-corrected chi connectivity index (χ3v) is 6.12. The Morgan fingerprint density at radius 2 is 1.79 bits per heavy atom. The van der Waals surface area contributed by atoms with Crippen molar-refractivity contribution in [1.82, 2.24) is 20.2 Å². The number of rotatable bonds is 6. The molecule has 5 rings (SSSR count). The average Bonchev–Trinajstić information content (AvgIpc) is 3.49. The summed E-state index contributed by atoms with van der Waals surface area (Å²) in [5.41, 5.74) is 2.85. The molecule has 2 unspecified atom stereocenters. The number of carbonyl (C=O) groups excluding carboxylic acids is 1. The number of nitrogens with zero attached hydrogens (tertiary/aromatic N) is 3. The van der Waals surface area contributed by atoms with Gasteiger partial charge in [-0.05, 0) is 54.7 Å².